The molecule has 2 nitrogen and oxygen atoms in total. The lowest BCUT2D eigenvalue weighted by Gasteiger charge is -2.17. The van der Waals surface area contributed by atoms with E-state index < -0.39 is 0 Å². The van der Waals surface area contributed by atoms with Crippen molar-refractivity contribution >= 4 is 5.69 Å². The highest BCUT2D eigenvalue weighted by atomic mass is 16.5. The second-order valence-electron chi connectivity index (χ2n) is 4.20. The van der Waals surface area contributed by atoms with Gasteiger partial charge in [-0.15, -0.1) is 0 Å². The molecule has 0 spiro atoms. The lowest BCUT2D eigenvalue weighted by molar-refractivity contribution is 0.341. The summed E-state index contributed by atoms with van der Waals surface area (Å²) in [5.74, 6) is 1.83. The summed E-state index contributed by atoms with van der Waals surface area (Å²) in [7, 11) is 0. The van der Waals surface area contributed by atoms with Crippen molar-refractivity contribution in [2.45, 2.75) is 32.7 Å². The van der Waals surface area contributed by atoms with E-state index in [1.54, 1.807) is 0 Å². The second-order valence-corrected chi connectivity index (χ2v) is 4.20. The average molecular weight is 205 g/mol. The Bertz CT molecular complexity index is 320. The van der Waals surface area contributed by atoms with Gasteiger partial charge >= 0.3 is 0 Å². The molecule has 0 saturated heterocycles. The van der Waals surface area contributed by atoms with E-state index in [0.717, 1.165) is 24.0 Å². The SMILES string of the molecule is CCOc1ccccc1N[C@@H](C)C1CC1. The molecular weight excluding hydrogens is 186 g/mol. The molecule has 82 valence electrons. The Morgan fingerprint density at radius 1 is 1.40 bits per heavy atom. The van der Waals surface area contributed by atoms with Crippen LogP contribution in [0, 0.1) is 5.92 Å². The number of rotatable bonds is 5. The maximum absolute atomic E-state index is 5.58. The zero-order chi connectivity index (χ0) is 10.7. The number of hydrogen-bond donors (Lipinski definition) is 1. The number of para-hydroxylation sites is 2. The van der Waals surface area contributed by atoms with Crippen LogP contribution in [-0.4, -0.2) is 12.6 Å². The van der Waals surface area contributed by atoms with Gasteiger partial charge < -0.3 is 10.1 Å². The monoisotopic (exact) mass is 205 g/mol. The van der Waals surface area contributed by atoms with Crippen molar-refractivity contribution in [3.63, 3.8) is 0 Å². The molecule has 1 aliphatic carbocycles. The molecule has 1 N–H and O–H groups in total. The van der Waals surface area contributed by atoms with E-state index in [-0.39, 0.29) is 0 Å². The maximum Gasteiger partial charge on any atom is 0.142 e. The summed E-state index contributed by atoms with van der Waals surface area (Å²) in [6.45, 7) is 4.98. The van der Waals surface area contributed by atoms with Crippen LogP contribution >= 0.6 is 0 Å². The van der Waals surface area contributed by atoms with Crippen molar-refractivity contribution < 1.29 is 4.74 Å². The Kier molecular flexibility index (Phi) is 3.14. The van der Waals surface area contributed by atoms with Crippen molar-refractivity contribution in [1.82, 2.24) is 0 Å². The summed E-state index contributed by atoms with van der Waals surface area (Å²) in [6.07, 6.45) is 2.73. The fraction of sp³-hybridized carbons (Fsp3) is 0.538. The fourth-order valence-corrected chi connectivity index (χ4v) is 1.83. The highest BCUT2D eigenvalue weighted by Crippen LogP contribution is 2.35. The summed E-state index contributed by atoms with van der Waals surface area (Å²) in [6, 6.07) is 8.73. The molecular formula is C13H19NO. The molecule has 2 heteroatoms. The average Bonchev–Trinajstić information content (AvgIpc) is 3.04. The number of hydrogen-bond acceptors (Lipinski definition) is 2. The smallest absolute Gasteiger partial charge is 0.142 e. The van der Waals surface area contributed by atoms with E-state index in [4.69, 9.17) is 4.74 Å². The maximum atomic E-state index is 5.58. The Hall–Kier alpha value is -1.18. The van der Waals surface area contributed by atoms with Crippen molar-refractivity contribution in [2.75, 3.05) is 11.9 Å². The van der Waals surface area contributed by atoms with Gasteiger partial charge in [0.2, 0.25) is 0 Å². The molecule has 1 fully saturated rings. The largest absolute Gasteiger partial charge is 0.492 e. The third-order valence-electron chi connectivity index (χ3n) is 2.90. The minimum atomic E-state index is 0.562. The number of benzene rings is 1. The standard InChI is InChI=1S/C13H19NO/c1-3-15-13-7-5-4-6-12(13)14-10(2)11-8-9-11/h4-7,10-11,14H,3,8-9H2,1-2H3/t10-/m0/s1. The summed E-state index contributed by atoms with van der Waals surface area (Å²) in [5.41, 5.74) is 1.12. The van der Waals surface area contributed by atoms with E-state index >= 15 is 0 Å². The minimum Gasteiger partial charge on any atom is -0.492 e. The topological polar surface area (TPSA) is 21.3 Å². The first kappa shape index (κ1) is 10.3. The lowest BCUT2D eigenvalue weighted by Crippen LogP contribution is -2.17. The molecule has 0 heterocycles. The molecule has 1 saturated carbocycles. The molecule has 0 bridgehead atoms. The highest BCUT2D eigenvalue weighted by Gasteiger charge is 2.28. The molecule has 1 aliphatic rings. The van der Waals surface area contributed by atoms with Crippen molar-refractivity contribution in [3.05, 3.63) is 24.3 Å². The van der Waals surface area contributed by atoms with E-state index in [1.165, 1.54) is 12.8 Å². The Morgan fingerprint density at radius 3 is 2.80 bits per heavy atom. The van der Waals surface area contributed by atoms with Crippen LogP contribution in [0.1, 0.15) is 26.7 Å². The summed E-state index contributed by atoms with van der Waals surface area (Å²) in [5, 5.41) is 3.53. The Labute approximate surface area is 91.6 Å². The summed E-state index contributed by atoms with van der Waals surface area (Å²) in [4.78, 5) is 0. The molecule has 1 aromatic carbocycles. The van der Waals surface area contributed by atoms with Gasteiger partial charge in [-0.1, -0.05) is 12.1 Å². The van der Waals surface area contributed by atoms with Crippen molar-refractivity contribution in [2.24, 2.45) is 5.92 Å². The fourth-order valence-electron chi connectivity index (χ4n) is 1.83. The molecule has 15 heavy (non-hydrogen) atoms. The third kappa shape index (κ3) is 2.65. The summed E-state index contributed by atoms with van der Waals surface area (Å²) >= 11 is 0. The van der Waals surface area contributed by atoms with Crippen molar-refractivity contribution in [1.29, 1.82) is 0 Å². The first-order valence-electron chi connectivity index (χ1n) is 5.79. The van der Waals surface area contributed by atoms with Crippen LogP contribution in [0.15, 0.2) is 24.3 Å². The van der Waals surface area contributed by atoms with E-state index in [2.05, 4.69) is 18.3 Å². The van der Waals surface area contributed by atoms with E-state index in [0.29, 0.717) is 6.04 Å². The van der Waals surface area contributed by atoms with Crippen LogP contribution < -0.4 is 10.1 Å². The predicted octanol–water partition coefficient (Wildman–Crippen LogP) is 3.30. The molecule has 0 amide bonds. The Balaban J connectivity index is 2.04. The lowest BCUT2D eigenvalue weighted by atomic mass is 10.2. The molecule has 0 aromatic heterocycles. The van der Waals surface area contributed by atoms with E-state index in [1.807, 2.05) is 25.1 Å². The molecule has 0 radical (unpaired) electrons. The van der Waals surface area contributed by atoms with E-state index in [9.17, 15) is 0 Å². The van der Waals surface area contributed by atoms with Gasteiger partial charge in [0.25, 0.3) is 0 Å². The first-order valence-corrected chi connectivity index (χ1v) is 5.79. The van der Waals surface area contributed by atoms with Crippen LogP contribution in [-0.2, 0) is 0 Å². The van der Waals surface area contributed by atoms with Crippen molar-refractivity contribution in [3.8, 4) is 5.75 Å². The van der Waals surface area contributed by atoms with Crippen LogP contribution in [0.3, 0.4) is 0 Å². The molecule has 2 rings (SSSR count). The van der Waals surface area contributed by atoms with Gasteiger partial charge in [-0.05, 0) is 44.7 Å². The van der Waals surface area contributed by atoms with Crippen LogP contribution in [0.5, 0.6) is 5.75 Å². The molecule has 0 aliphatic heterocycles. The zero-order valence-electron chi connectivity index (χ0n) is 9.49. The number of ether oxygens (including phenoxy) is 1. The number of nitrogens with one attached hydrogen (secondary N) is 1. The van der Waals surface area contributed by atoms with Gasteiger partial charge in [0.15, 0.2) is 0 Å². The van der Waals surface area contributed by atoms with Gasteiger partial charge in [0.1, 0.15) is 5.75 Å². The van der Waals surface area contributed by atoms with Gasteiger partial charge in [-0.2, -0.15) is 0 Å². The molecule has 1 atom stereocenters. The van der Waals surface area contributed by atoms with Crippen LogP contribution in [0.25, 0.3) is 0 Å². The first-order chi connectivity index (χ1) is 7.31. The molecule has 1 aromatic rings. The quantitative estimate of drug-likeness (QED) is 0.796. The molecule has 0 unspecified atom stereocenters. The van der Waals surface area contributed by atoms with Gasteiger partial charge in [0.05, 0.1) is 12.3 Å². The highest BCUT2D eigenvalue weighted by molar-refractivity contribution is 5.56. The van der Waals surface area contributed by atoms with Gasteiger partial charge in [-0.25, -0.2) is 0 Å². The van der Waals surface area contributed by atoms with Crippen LogP contribution in [0.2, 0.25) is 0 Å². The Morgan fingerprint density at radius 2 is 2.13 bits per heavy atom. The normalized spacial score (nSPS) is 17.2. The van der Waals surface area contributed by atoms with Gasteiger partial charge in [0, 0.05) is 6.04 Å². The zero-order valence-corrected chi connectivity index (χ0v) is 9.49. The number of anilines is 1. The summed E-state index contributed by atoms with van der Waals surface area (Å²) < 4.78 is 5.58. The third-order valence-corrected chi connectivity index (χ3v) is 2.90. The van der Waals surface area contributed by atoms with Gasteiger partial charge in [-0.3, -0.25) is 0 Å². The second kappa shape index (κ2) is 4.56. The van der Waals surface area contributed by atoms with Crippen LogP contribution in [0.4, 0.5) is 5.69 Å². The predicted molar refractivity (Wildman–Crippen MR) is 63.4 cm³/mol. The minimum absolute atomic E-state index is 0.562.